The van der Waals surface area contributed by atoms with Crippen LogP contribution in [0.25, 0.3) is 0 Å². The number of piperazine rings is 1. The van der Waals surface area contributed by atoms with Crippen LogP contribution < -0.4 is 19.9 Å². The zero-order valence-corrected chi connectivity index (χ0v) is 33.4. The van der Waals surface area contributed by atoms with Crippen LogP contribution in [0, 0.1) is 17.2 Å². The van der Waals surface area contributed by atoms with Crippen LogP contribution >= 0.6 is 0 Å². The Labute approximate surface area is 350 Å². The summed E-state index contributed by atoms with van der Waals surface area (Å²) >= 11 is 0. The molecule has 61 heavy (non-hydrogen) atoms. The van der Waals surface area contributed by atoms with E-state index in [1.54, 1.807) is 12.1 Å². The predicted molar refractivity (Wildman–Crippen MR) is 214 cm³/mol. The number of pyridine rings is 1. The molecule has 17 heteroatoms. The van der Waals surface area contributed by atoms with E-state index in [1.165, 1.54) is 6.07 Å². The van der Waals surface area contributed by atoms with E-state index in [0.717, 1.165) is 100 Å². The average molecular weight is 839 g/mol. The molecule has 5 saturated heterocycles. The highest BCUT2D eigenvalue weighted by Crippen LogP contribution is 2.40. The van der Waals surface area contributed by atoms with Gasteiger partial charge in [-0.05, 0) is 86.6 Å². The molecule has 14 nitrogen and oxygen atoms in total. The molecule has 0 saturated carbocycles. The van der Waals surface area contributed by atoms with Gasteiger partial charge in [0, 0.05) is 94.1 Å². The van der Waals surface area contributed by atoms with Gasteiger partial charge in [0.2, 0.25) is 11.8 Å². The minimum atomic E-state index is -4.73. The maximum absolute atomic E-state index is 13.8. The molecular formula is C44H45F3N8O6. The number of alkyl halides is 3. The first-order valence-electron chi connectivity index (χ1n) is 21.0. The number of hydrogen-bond acceptors (Lipinski definition) is 11. The molecule has 2 aromatic carbocycles. The smallest absolute Gasteiger partial charge is 0.419 e. The summed E-state index contributed by atoms with van der Waals surface area (Å²) in [6, 6.07) is 14.2. The lowest BCUT2D eigenvalue weighted by Gasteiger charge is -2.40. The zero-order valence-electron chi connectivity index (χ0n) is 33.4. The maximum atomic E-state index is 13.8. The van der Waals surface area contributed by atoms with Crippen LogP contribution in [0.5, 0.6) is 5.75 Å². The van der Waals surface area contributed by atoms with E-state index in [2.05, 4.69) is 25.0 Å². The molecule has 0 spiro atoms. The van der Waals surface area contributed by atoms with Crippen LogP contribution in [0.2, 0.25) is 0 Å². The fraction of sp³-hybridized carbons (Fsp3) is 0.477. The molecule has 5 amide bonds. The Hall–Kier alpha value is -6.02. The molecule has 1 N–H and O–H groups in total. The fourth-order valence-corrected chi connectivity index (χ4v) is 10.1. The number of imide groups is 2. The Morgan fingerprint density at radius 1 is 0.820 bits per heavy atom. The number of nitrogens with one attached hydrogen (secondary N) is 1. The lowest BCUT2D eigenvalue weighted by atomic mass is 9.95. The van der Waals surface area contributed by atoms with Gasteiger partial charge in [-0.25, -0.2) is 4.98 Å². The van der Waals surface area contributed by atoms with Gasteiger partial charge >= 0.3 is 6.18 Å². The molecule has 2 bridgehead atoms. The Bertz CT molecular complexity index is 2290. The third-order valence-corrected chi connectivity index (χ3v) is 13.3. The fourth-order valence-electron chi connectivity index (χ4n) is 10.1. The van der Waals surface area contributed by atoms with Crippen molar-refractivity contribution in [2.24, 2.45) is 5.92 Å². The van der Waals surface area contributed by atoms with E-state index in [-0.39, 0.29) is 48.2 Å². The van der Waals surface area contributed by atoms with Gasteiger partial charge < -0.3 is 19.4 Å². The Balaban J connectivity index is 0.731. The standard InChI is InChI=1S/C44H45F3N8O6/c45-44(46,47)36-22-33(24-49-37(36)23-48)61-32-19-30-5-6-31(20-32)54(30)41(58)27-1-3-28(4-2-27)53-17-15-51(16-18-53)25-26-11-13-52(14-12-26)29-7-8-34-35(21-29)43(60)55(42(34)59)38-9-10-39(56)50-40(38)57/h1-4,7-8,21-22,24,26,30-32,38H,5-6,9-20,25H2,(H,50,56,57)/t30-,31+,32?,38?. The van der Waals surface area contributed by atoms with Crippen molar-refractivity contribution in [3.63, 3.8) is 0 Å². The number of halogens is 3. The number of carbonyl (C=O) groups excluding carboxylic acids is 5. The van der Waals surface area contributed by atoms with Crippen molar-refractivity contribution in [2.45, 2.75) is 81.8 Å². The largest absolute Gasteiger partial charge is 0.489 e. The summed E-state index contributed by atoms with van der Waals surface area (Å²) in [4.78, 5) is 78.0. The lowest BCUT2D eigenvalue weighted by molar-refractivity contribution is -0.138. The second-order valence-electron chi connectivity index (χ2n) is 16.9. The van der Waals surface area contributed by atoms with Crippen LogP contribution in [0.3, 0.4) is 0 Å². The van der Waals surface area contributed by atoms with E-state index >= 15 is 0 Å². The normalized spacial score (nSPS) is 24.8. The number of fused-ring (bicyclic) bond motifs is 3. The van der Waals surface area contributed by atoms with Crippen LogP contribution in [0.15, 0.2) is 54.7 Å². The van der Waals surface area contributed by atoms with Crippen molar-refractivity contribution in [2.75, 3.05) is 55.6 Å². The van der Waals surface area contributed by atoms with Crippen molar-refractivity contribution >= 4 is 40.9 Å². The van der Waals surface area contributed by atoms with Crippen molar-refractivity contribution in [1.29, 1.82) is 5.26 Å². The third kappa shape index (κ3) is 7.89. The number of amides is 5. The number of piperidine rings is 3. The van der Waals surface area contributed by atoms with Gasteiger partial charge in [-0.15, -0.1) is 0 Å². The van der Waals surface area contributed by atoms with Gasteiger partial charge in [-0.2, -0.15) is 18.4 Å². The third-order valence-electron chi connectivity index (χ3n) is 13.3. The average Bonchev–Trinajstić information content (AvgIpc) is 3.67. The number of anilines is 2. The molecule has 9 rings (SSSR count). The molecule has 6 aliphatic heterocycles. The first-order valence-corrected chi connectivity index (χ1v) is 21.0. The minimum Gasteiger partial charge on any atom is -0.489 e. The molecule has 5 fully saturated rings. The Kier molecular flexibility index (Phi) is 10.7. The second kappa shape index (κ2) is 16.1. The van der Waals surface area contributed by atoms with Crippen LogP contribution in [0.1, 0.15) is 93.7 Å². The molecule has 7 heterocycles. The zero-order chi connectivity index (χ0) is 42.6. The van der Waals surface area contributed by atoms with Crippen molar-refractivity contribution < 1.29 is 41.9 Å². The van der Waals surface area contributed by atoms with Gasteiger partial charge in [0.15, 0.2) is 5.69 Å². The summed E-state index contributed by atoms with van der Waals surface area (Å²) in [5.41, 5.74) is 1.29. The van der Waals surface area contributed by atoms with E-state index < -0.39 is 47.1 Å². The summed E-state index contributed by atoms with van der Waals surface area (Å²) < 4.78 is 46.4. The predicted octanol–water partition coefficient (Wildman–Crippen LogP) is 4.63. The highest BCUT2D eigenvalue weighted by Gasteiger charge is 2.46. The summed E-state index contributed by atoms with van der Waals surface area (Å²) in [5.74, 6) is -1.60. The number of benzene rings is 2. The molecule has 3 aromatic rings. The van der Waals surface area contributed by atoms with E-state index in [4.69, 9.17) is 10.00 Å². The Morgan fingerprint density at radius 2 is 1.48 bits per heavy atom. The van der Waals surface area contributed by atoms with E-state index in [9.17, 15) is 37.1 Å². The summed E-state index contributed by atoms with van der Waals surface area (Å²) in [7, 11) is 0. The number of aromatic nitrogens is 1. The van der Waals surface area contributed by atoms with Crippen LogP contribution in [-0.4, -0.2) is 119 Å². The number of hydrogen-bond donors (Lipinski definition) is 1. The highest BCUT2D eigenvalue weighted by atomic mass is 19.4. The second-order valence-corrected chi connectivity index (χ2v) is 16.9. The summed E-state index contributed by atoms with van der Waals surface area (Å²) in [6.07, 6.45) is 0.832. The topological polar surface area (TPSA) is 159 Å². The molecule has 6 aliphatic rings. The van der Waals surface area contributed by atoms with Gasteiger partial charge in [-0.1, -0.05) is 0 Å². The number of nitrogens with zero attached hydrogens (tertiary/aromatic N) is 7. The number of rotatable bonds is 8. The molecule has 0 radical (unpaired) electrons. The molecule has 2 unspecified atom stereocenters. The summed E-state index contributed by atoms with van der Waals surface area (Å²) in [6.45, 7) is 6.20. The SMILES string of the molecule is N#Cc1ncc(OC2C[C@H]3CC[C@@H](C2)N3C(=O)c2ccc(N3CCN(CC4CCN(c5ccc6c(c5)C(=O)N(C5CCC(=O)NC5=O)C6=O)CC4)CC3)cc2)cc1C(F)(F)F. The quantitative estimate of drug-likeness (QED) is 0.316. The number of nitriles is 1. The van der Waals surface area contributed by atoms with Gasteiger partial charge in [0.1, 0.15) is 24.0 Å². The lowest BCUT2D eigenvalue weighted by Crippen LogP contribution is -2.54. The van der Waals surface area contributed by atoms with Gasteiger partial charge in [0.05, 0.1) is 22.9 Å². The molecule has 0 aliphatic carbocycles. The minimum absolute atomic E-state index is 0.0369. The van der Waals surface area contributed by atoms with Crippen molar-refractivity contribution in [3.8, 4) is 11.8 Å². The first kappa shape index (κ1) is 40.4. The number of carbonyl (C=O) groups is 5. The van der Waals surface area contributed by atoms with Crippen LogP contribution in [0.4, 0.5) is 24.5 Å². The van der Waals surface area contributed by atoms with Crippen LogP contribution in [-0.2, 0) is 15.8 Å². The number of ether oxygens (including phenoxy) is 1. The Morgan fingerprint density at radius 3 is 2.13 bits per heavy atom. The monoisotopic (exact) mass is 838 g/mol. The molecule has 1 aromatic heterocycles. The van der Waals surface area contributed by atoms with Crippen molar-refractivity contribution in [3.05, 3.63) is 82.7 Å². The van der Waals surface area contributed by atoms with Crippen molar-refractivity contribution in [1.82, 2.24) is 25.0 Å². The first-order chi connectivity index (χ1) is 29.3. The molecular weight excluding hydrogens is 794 g/mol. The van der Waals surface area contributed by atoms with Gasteiger partial charge in [0.25, 0.3) is 17.7 Å². The molecule has 4 atom stereocenters. The van der Waals surface area contributed by atoms with E-state index in [1.807, 2.05) is 35.2 Å². The summed E-state index contributed by atoms with van der Waals surface area (Å²) in [5, 5.41) is 11.3. The van der Waals surface area contributed by atoms with Gasteiger partial charge in [-0.3, -0.25) is 39.1 Å². The molecule has 318 valence electrons. The highest BCUT2D eigenvalue weighted by molar-refractivity contribution is 6.23. The van der Waals surface area contributed by atoms with E-state index in [0.29, 0.717) is 29.9 Å². The maximum Gasteiger partial charge on any atom is 0.419 e.